The predicted molar refractivity (Wildman–Crippen MR) is 318 cm³/mol. The molecule has 1 fully saturated rings. The van der Waals surface area contributed by atoms with E-state index in [-0.39, 0.29) is 44.6 Å². The first-order valence-electron chi connectivity index (χ1n) is 32.0. The van der Waals surface area contributed by atoms with E-state index < -0.39 is 24.5 Å². The van der Waals surface area contributed by atoms with Crippen molar-refractivity contribution in [2.45, 2.75) is 297 Å². The van der Waals surface area contributed by atoms with Gasteiger partial charge in [-0.3, -0.25) is 14.4 Å². The first kappa shape index (κ1) is 70.4. The van der Waals surface area contributed by atoms with Crippen molar-refractivity contribution < 1.29 is 47.6 Å². The van der Waals surface area contributed by atoms with Crippen molar-refractivity contribution in [3.63, 3.8) is 0 Å². The van der Waals surface area contributed by atoms with Crippen LogP contribution in [0.2, 0.25) is 0 Å². The molecule has 1 N–H and O–H groups in total. The van der Waals surface area contributed by atoms with Crippen molar-refractivity contribution in [3.8, 4) is 0 Å². The number of allylic oxidation sites excluding steroid dienone is 4. The molecule has 2 rings (SSSR count). The van der Waals surface area contributed by atoms with Crippen LogP contribution >= 0.6 is 0 Å². The molecule has 1 amide bonds. The minimum Gasteiger partial charge on any atom is -0.461 e. The van der Waals surface area contributed by atoms with Crippen LogP contribution in [0.3, 0.4) is 0 Å². The van der Waals surface area contributed by atoms with Crippen LogP contribution in [0, 0.1) is 0 Å². The number of alkyl carbamates (subject to hydrolysis) is 1. The van der Waals surface area contributed by atoms with Crippen molar-refractivity contribution in [2.24, 2.45) is 0 Å². The van der Waals surface area contributed by atoms with Crippen LogP contribution in [-0.2, 0) is 62.6 Å². The maximum Gasteiger partial charge on any atom is 0.407 e. The predicted octanol–water partition coefficient (Wildman–Crippen LogP) is 17.2. The fourth-order valence-electron chi connectivity index (χ4n) is 9.73. The molecule has 78 heavy (non-hydrogen) atoms. The molecule has 1 atom stereocenters. The van der Waals surface area contributed by atoms with Crippen molar-refractivity contribution >= 4 is 24.0 Å². The Labute approximate surface area is 476 Å². The summed E-state index contributed by atoms with van der Waals surface area (Å²) < 4.78 is 35.6. The summed E-state index contributed by atoms with van der Waals surface area (Å²) in [6.07, 6.45) is 45.2. The zero-order valence-electron chi connectivity index (χ0n) is 50.3. The van der Waals surface area contributed by atoms with Gasteiger partial charge in [0.05, 0.1) is 6.42 Å². The van der Waals surface area contributed by atoms with Crippen LogP contribution in [-0.4, -0.2) is 80.7 Å². The van der Waals surface area contributed by atoms with Crippen LogP contribution < -0.4 is 5.32 Å². The molecule has 1 aromatic carbocycles. The summed E-state index contributed by atoms with van der Waals surface area (Å²) >= 11 is 0. The highest BCUT2D eigenvalue weighted by Crippen LogP contribution is 2.20. The van der Waals surface area contributed by atoms with Gasteiger partial charge in [0.1, 0.15) is 25.9 Å². The van der Waals surface area contributed by atoms with E-state index in [9.17, 15) is 19.2 Å². The third-order valence-electron chi connectivity index (χ3n) is 14.6. The minimum atomic E-state index is -0.466. The Morgan fingerprint density at radius 1 is 0.487 bits per heavy atom. The molecule has 0 aromatic heterocycles. The molecule has 12 heteroatoms. The molecule has 1 aromatic rings. The Morgan fingerprint density at radius 2 is 0.910 bits per heavy atom. The molecule has 0 bridgehead atoms. The van der Waals surface area contributed by atoms with Gasteiger partial charge in [0.2, 0.25) is 0 Å². The number of esters is 3. The molecule has 12 nitrogen and oxygen atoms in total. The molecule has 1 aliphatic rings. The Kier molecular flexibility index (Phi) is 46.4. The number of amides is 1. The number of rotatable bonds is 53. The van der Waals surface area contributed by atoms with Crippen molar-refractivity contribution in [2.75, 3.05) is 39.4 Å². The minimum absolute atomic E-state index is 0.00693. The summed E-state index contributed by atoms with van der Waals surface area (Å²) in [5.41, 5.74) is 2.12. The number of nitrogens with zero attached hydrogens (tertiary/aromatic N) is 1. The SMILES string of the molecule is CCCCC/C=C\C/C=C\CCCCCCCC(=O)OCc1cc(COC(=O)CCC(CCCCCCCC)OC(=O)NCCN2CCCC2)cc(COC(=O)CCC(OCCCCCCCC)OCCCCCCCC)c1. The maximum atomic E-state index is 13.3. The number of benzene rings is 1. The molecule has 1 unspecified atom stereocenters. The number of ether oxygens (including phenoxy) is 6. The molecule has 448 valence electrons. The Hall–Kier alpha value is -3.74. The van der Waals surface area contributed by atoms with Gasteiger partial charge in [-0.1, -0.05) is 180 Å². The van der Waals surface area contributed by atoms with E-state index in [4.69, 9.17) is 28.4 Å². The van der Waals surface area contributed by atoms with Crippen molar-refractivity contribution in [1.82, 2.24) is 10.2 Å². The van der Waals surface area contributed by atoms with E-state index in [1.807, 2.05) is 18.2 Å². The average molecular weight is 1100 g/mol. The quantitative estimate of drug-likeness (QED) is 0.0219. The third-order valence-corrected chi connectivity index (χ3v) is 14.6. The van der Waals surface area contributed by atoms with Gasteiger partial charge in [0.15, 0.2) is 6.29 Å². The highest BCUT2D eigenvalue weighted by Gasteiger charge is 2.19. The van der Waals surface area contributed by atoms with E-state index in [1.165, 1.54) is 109 Å². The summed E-state index contributed by atoms with van der Waals surface area (Å²) in [5, 5.41) is 2.92. The number of likely N-dealkylation sites (tertiary alicyclic amines) is 1. The summed E-state index contributed by atoms with van der Waals surface area (Å²) in [6.45, 7) is 13.6. The second-order valence-corrected chi connectivity index (χ2v) is 22.0. The number of unbranched alkanes of at least 4 members (excludes halogenated alkanes) is 23. The van der Waals surface area contributed by atoms with Crippen LogP contribution in [0.5, 0.6) is 0 Å². The van der Waals surface area contributed by atoms with Gasteiger partial charge in [-0.2, -0.15) is 0 Å². The second-order valence-electron chi connectivity index (χ2n) is 22.0. The number of hydrogen-bond donors (Lipinski definition) is 1. The van der Waals surface area contributed by atoms with Gasteiger partial charge in [-0.05, 0) is 131 Å². The van der Waals surface area contributed by atoms with Gasteiger partial charge < -0.3 is 38.6 Å². The number of nitrogens with one attached hydrogen (secondary N) is 1. The van der Waals surface area contributed by atoms with Crippen molar-refractivity contribution in [1.29, 1.82) is 0 Å². The van der Waals surface area contributed by atoms with Gasteiger partial charge >= 0.3 is 24.0 Å². The lowest BCUT2D eigenvalue weighted by atomic mass is 10.0. The van der Waals surface area contributed by atoms with E-state index in [2.05, 4.69) is 62.2 Å². The average Bonchev–Trinajstić information content (AvgIpc) is 3.97. The molecule has 0 radical (unpaired) electrons. The second kappa shape index (κ2) is 51.4. The molecule has 1 saturated heterocycles. The Morgan fingerprint density at radius 3 is 1.44 bits per heavy atom. The highest BCUT2D eigenvalue weighted by atomic mass is 16.7. The fourth-order valence-corrected chi connectivity index (χ4v) is 9.73. The highest BCUT2D eigenvalue weighted by molar-refractivity contribution is 5.70. The smallest absolute Gasteiger partial charge is 0.407 e. The molecule has 1 aliphatic heterocycles. The van der Waals surface area contributed by atoms with Gasteiger partial charge in [-0.25, -0.2) is 4.79 Å². The standard InChI is InChI=1S/C66H114N2O10/c1-5-9-13-17-21-22-23-24-25-26-27-28-29-31-35-41-62(69)75-55-58-52-59(56-76-63(70)43-42-61(40-34-30-18-14-10-6-2)78-66(72)67-46-49-68-47-36-37-48-68)54-60(53-58)57-77-64(71)44-45-65(73-50-38-32-19-15-11-7-3)74-51-39-33-20-16-12-8-4/h21-22,24-25,52-54,61,65H,5-20,23,26-51,55-57H2,1-4H3,(H,67,72)/b22-21-,25-24-. The largest absolute Gasteiger partial charge is 0.461 e. The Balaban J connectivity index is 2.01. The van der Waals surface area contributed by atoms with Crippen LogP contribution in [0.15, 0.2) is 42.5 Å². The summed E-state index contributed by atoms with van der Waals surface area (Å²) in [7, 11) is 0. The lowest BCUT2D eigenvalue weighted by molar-refractivity contribution is -0.160. The normalized spacial score (nSPS) is 13.2. The van der Waals surface area contributed by atoms with Gasteiger partial charge in [-0.15, -0.1) is 0 Å². The number of carbonyl (C=O) groups is 4. The number of carbonyl (C=O) groups excluding carboxylic acids is 4. The summed E-state index contributed by atoms with van der Waals surface area (Å²) in [4.78, 5) is 54.7. The van der Waals surface area contributed by atoms with Crippen LogP contribution in [0.25, 0.3) is 0 Å². The first-order chi connectivity index (χ1) is 38.3. The molecule has 1 heterocycles. The van der Waals surface area contributed by atoms with Crippen LogP contribution in [0.1, 0.15) is 282 Å². The molecular formula is C66H114N2O10. The maximum absolute atomic E-state index is 13.3. The molecule has 0 spiro atoms. The molecule has 0 saturated carbocycles. The van der Waals surface area contributed by atoms with E-state index in [0.29, 0.717) is 56.6 Å². The fraction of sp³-hybridized carbons (Fsp3) is 0.788. The van der Waals surface area contributed by atoms with E-state index >= 15 is 0 Å². The van der Waals surface area contributed by atoms with Gasteiger partial charge in [0.25, 0.3) is 0 Å². The lowest BCUT2D eigenvalue weighted by Gasteiger charge is -2.19. The van der Waals surface area contributed by atoms with E-state index in [1.54, 1.807) is 0 Å². The van der Waals surface area contributed by atoms with Gasteiger partial charge in [0, 0.05) is 45.6 Å². The number of hydrogen-bond acceptors (Lipinski definition) is 11. The van der Waals surface area contributed by atoms with Crippen LogP contribution in [0.4, 0.5) is 4.79 Å². The summed E-state index contributed by atoms with van der Waals surface area (Å²) in [5.74, 6) is -1.00. The zero-order valence-corrected chi connectivity index (χ0v) is 50.3. The molecule has 0 aliphatic carbocycles. The summed E-state index contributed by atoms with van der Waals surface area (Å²) in [6, 6.07) is 5.61. The first-order valence-corrected chi connectivity index (χ1v) is 32.0. The third kappa shape index (κ3) is 42.2. The zero-order chi connectivity index (χ0) is 56.2. The topological polar surface area (TPSA) is 139 Å². The molecular weight excluding hydrogens is 981 g/mol. The Bertz CT molecular complexity index is 1660. The lowest BCUT2D eigenvalue weighted by Crippen LogP contribution is -2.35. The monoisotopic (exact) mass is 1090 g/mol. The van der Waals surface area contributed by atoms with E-state index in [0.717, 1.165) is 115 Å². The van der Waals surface area contributed by atoms with Crippen molar-refractivity contribution in [3.05, 3.63) is 59.2 Å².